The van der Waals surface area contributed by atoms with Crippen LogP contribution in [0, 0.1) is 16.7 Å². The van der Waals surface area contributed by atoms with Crippen LogP contribution in [-0.2, 0) is 9.59 Å². The van der Waals surface area contributed by atoms with Crippen LogP contribution in [-0.4, -0.2) is 80.4 Å². The van der Waals surface area contributed by atoms with Crippen molar-refractivity contribution in [3.8, 4) is 0 Å². The van der Waals surface area contributed by atoms with Crippen molar-refractivity contribution in [1.29, 1.82) is 0 Å². The number of aromatic nitrogens is 2. The van der Waals surface area contributed by atoms with Gasteiger partial charge in [0.1, 0.15) is 23.6 Å². The zero-order valence-corrected chi connectivity index (χ0v) is 25.1. The van der Waals surface area contributed by atoms with Crippen LogP contribution in [0.1, 0.15) is 92.2 Å². The average molecular weight is 564 g/mol. The monoisotopic (exact) mass is 563 g/mol. The first kappa shape index (κ1) is 30.6. The predicted octanol–water partition coefficient (Wildman–Crippen LogP) is 4.45. The first-order chi connectivity index (χ1) is 18.7. The van der Waals surface area contributed by atoms with Gasteiger partial charge >= 0.3 is 0 Å². The number of rotatable bonds is 8. The molecule has 8 nitrogen and oxygen atoms in total. The summed E-state index contributed by atoms with van der Waals surface area (Å²) in [6.45, 7) is 13.9. The molecule has 40 heavy (non-hydrogen) atoms. The minimum atomic E-state index is -1.34. The minimum Gasteiger partial charge on any atom is -0.390 e. The van der Waals surface area contributed by atoms with Gasteiger partial charge in [0.05, 0.1) is 18.3 Å². The van der Waals surface area contributed by atoms with E-state index in [-0.39, 0.29) is 24.2 Å². The van der Waals surface area contributed by atoms with Crippen molar-refractivity contribution in [3.05, 3.63) is 29.4 Å². The zero-order chi connectivity index (χ0) is 29.6. The van der Waals surface area contributed by atoms with Crippen molar-refractivity contribution in [2.24, 2.45) is 16.7 Å². The molecule has 224 valence electrons. The number of likely N-dealkylation sites (tertiary alicyclic amines) is 1. The number of hydrogen-bond donors (Lipinski definition) is 3. The third-order valence-electron chi connectivity index (χ3n) is 9.49. The topological polar surface area (TPSA) is 102 Å². The number of allylic oxidation sites excluding steroid dienone is 1. The van der Waals surface area contributed by atoms with Crippen LogP contribution in [0.25, 0.3) is 0 Å². The molecule has 2 unspecified atom stereocenters. The number of carbonyl (C=O) groups excluding carboxylic acids is 2. The molecule has 4 atom stereocenters. The molecule has 2 amide bonds. The Morgan fingerprint density at radius 1 is 1.18 bits per heavy atom. The Hall–Kier alpha value is -2.33. The summed E-state index contributed by atoms with van der Waals surface area (Å²) in [5.74, 6) is -1.10. The SMILES string of the molecule is CCCCN1C(=O)[C@@H](C(O)C(C)C)NC(=O)C12CCN([C@@H](C1=C(F)C(C)(C)C(F)C(C)(C)C1)c1cn[nH]c1)CC2. The van der Waals surface area contributed by atoms with E-state index in [1.54, 1.807) is 31.1 Å². The van der Waals surface area contributed by atoms with Gasteiger partial charge in [-0.1, -0.05) is 54.9 Å². The number of unbranched alkanes of at least 4 members (excludes halogenated alkanes) is 1. The molecule has 2 saturated heterocycles. The Balaban J connectivity index is 1.67. The summed E-state index contributed by atoms with van der Waals surface area (Å²) in [7, 11) is 0. The number of amides is 2. The maximum absolute atomic E-state index is 16.1. The van der Waals surface area contributed by atoms with Crippen molar-refractivity contribution in [3.63, 3.8) is 0 Å². The Labute approximate surface area is 236 Å². The van der Waals surface area contributed by atoms with E-state index >= 15 is 8.78 Å². The van der Waals surface area contributed by atoms with Crippen LogP contribution in [0.4, 0.5) is 8.78 Å². The number of hydrogen-bond acceptors (Lipinski definition) is 5. The highest BCUT2D eigenvalue weighted by Gasteiger charge is 2.56. The Morgan fingerprint density at radius 3 is 2.38 bits per heavy atom. The van der Waals surface area contributed by atoms with Crippen molar-refractivity contribution in [1.82, 2.24) is 25.3 Å². The lowest BCUT2D eigenvalue weighted by molar-refractivity contribution is -0.165. The molecule has 1 spiro atoms. The highest BCUT2D eigenvalue weighted by molar-refractivity contribution is 6.00. The standard InChI is InChI=1S/C30H47F2N5O3/c1-8-9-12-37-25(39)21(23(38)18(2)3)35-27(40)30(37)10-13-36(14-11-30)22(19-16-33-34-17-19)20-15-28(4,5)26(32)29(6,7)24(20)31/h16-18,21-23,26,38H,8-15H2,1-7H3,(H,33,34)(H,35,40)/t21-,22-,23?,26?/m1/s1. The van der Waals surface area contributed by atoms with Crippen LogP contribution in [0.2, 0.25) is 0 Å². The molecule has 3 heterocycles. The summed E-state index contributed by atoms with van der Waals surface area (Å²) in [5.41, 5.74) is -1.72. The molecule has 1 aromatic heterocycles. The van der Waals surface area contributed by atoms with Gasteiger partial charge in [-0.05, 0) is 37.2 Å². The van der Waals surface area contributed by atoms with Gasteiger partial charge in [-0.15, -0.1) is 0 Å². The first-order valence-corrected chi connectivity index (χ1v) is 14.8. The van der Waals surface area contributed by atoms with Crippen molar-refractivity contribution in [2.45, 2.75) is 110 Å². The van der Waals surface area contributed by atoms with Gasteiger partial charge in [-0.3, -0.25) is 19.6 Å². The number of aliphatic hydroxyl groups is 1. The van der Waals surface area contributed by atoms with E-state index in [4.69, 9.17) is 0 Å². The van der Waals surface area contributed by atoms with E-state index in [9.17, 15) is 14.7 Å². The fourth-order valence-corrected chi connectivity index (χ4v) is 7.16. The van der Waals surface area contributed by atoms with E-state index in [0.29, 0.717) is 38.0 Å². The molecule has 0 saturated carbocycles. The van der Waals surface area contributed by atoms with Crippen LogP contribution < -0.4 is 5.32 Å². The minimum absolute atomic E-state index is 0.190. The number of aliphatic hydroxyl groups excluding tert-OH is 1. The fourth-order valence-electron chi connectivity index (χ4n) is 7.16. The molecule has 3 aliphatic rings. The predicted molar refractivity (Wildman–Crippen MR) is 149 cm³/mol. The second-order valence-electron chi connectivity index (χ2n) is 13.6. The molecule has 0 bridgehead atoms. The molecule has 0 radical (unpaired) electrons. The smallest absolute Gasteiger partial charge is 0.248 e. The number of piperazine rings is 1. The van der Waals surface area contributed by atoms with Crippen LogP contribution in [0.15, 0.2) is 23.8 Å². The Bertz CT molecular complexity index is 1110. The zero-order valence-electron chi connectivity index (χ0n) is 25.1. The number of carbonyl (C=O) groups is 2. The van der Waals surface area contributed by atoms with Crippen molar-refractivity contribution >= 4 is 11.8 Å². The lowest BCUT2D eigenvalue weighted by atomic mass is 9.62. The van der Waals surface area contributed by atoms with Gasteiger partial charge in [-0.25, -0.2) is 8.78 Å². The summed E-state index contributed by atoms with van der Waals surface area (Å²) in [4.78, 5) is 31.3. The molecule has 0 aromatic carbocycles. The molecule has 1 aromatic rings. The van der Waals surface area contributed by atoms with Gasteiger partial charge < -0.3 is 15.3 Å². The maximum atomic E-state index is 16.1. The van der Waals surface area contributed by atoms with Crippen LogP contribution in [0.3, 0.4) is 0 Å². The highest BCUT2D eigenvalue weighted by atomic mass is 19.1. The highest BCUT2D eigenvalue weighted by Crippen LogP contribution is 2.55. The molecule has 1 aliphatic carbocycles. The van der Waals surface area contributed by atoms with E-state index in [1.165, 1.54) is 0 Å². The fraction of sp³-hybridized carbons (Fsp3) is 0.767. The van der Waals surface area contributed by atoms with Crippen molar-refractivity contribution in [2.75, 3.05) is 19.6 Å². The molecule has 2 aliphatic heterocycles. The number of halogens is 2. The number of H-pyrrole nitrogens is 1. The van der Waals surface area contributed by atoms with E-state index in [2.05, 4.69) is 20.4 Å². The van der Waals surface area contributed by atoms with E-state index in [0.717, 1.165) is 18.4 Å². The number of piperidine rings is 1. The second-order valence-corrected chi connectivity index (χ2v) is 13.6. The van der Waals surface area contributed by atoms with Gasteiger partial charge in [0, 0.05) is 42.2 Å². The number of alkyl halides is 1. The third kappa shape index (κ3) is 5.10. The van der Waals surface area contributed by atoms with Crippen LogP contribution >= 0.6 is 0 Å². The molecular formula is C30H47F2N5O3. The quantitative estimate of drug-likeness (QED) is 0.434. The summed E-state index contributed by atoms with van der Waals surface area (Å²) in [6.07, 6.45) is 3.74. The van der Waals surface area contributed by atoms with Crippen molar-refractivity contribution < 1.29 is 23.5 Å². The third-order valence-corrected chi connectivity index (χ3v) is 9.49. The van der Waals surface area contributed by atoms with Gasteiger partial charge in [0.25, 0.3) is 0 Å². The summed E-state index contributed by atoms with van der Waals surface area (Å²) in [6, 6.07) is -1.43. The molecule has 3 N–H and O–H groups in total. The van der Waals surface area contributed by atoms with E-state index in [1.807, 2.05) is 34.6 Å². The molecule has 10 heteroatoms. The van der Waals surface area contributed by atoms with Gasteiger partial charge in [0.2, 0.25) is 11.8 Å². The van der Waals surface area contributed by atoms with E-state index < -0.39 is 46.6 Å². The number of nitrogens with zero attached hydrogens (tertiary/aromatic N) is 3. The number of nitrogens with one attached hydrogen (secondary N) is 2. The summed E-state index contributed by atoms with van der Waals surface area (Å²) < 4.78 is 31.5. The average Bonchev–Trinajstić information content (AvgIpc) is 3.43. The first-order valence-electron chi connectivity index (χ1n) is 14.8. The summed E-state index contributed by atoms with van der Waals surface area (Å²) in [5, 5.41) is 20.5. The lowest BCUT2D eigenvalue weighted by Crippen LogP contribution is -2.75. The number of aromatic amines is 1. The molecule has 2 fully saturated rings. The molecule has 4 rings (SSSR count). The molecular weight excluding hydrogens is 516 g/mol. The van der Waals surface area contributed by atoms with Gasteiger partial charge in [0.15, 0.2) is 0 Å². The normalized spacial score (nSPS) is 28.2. The lowest BCUT2D eigenvalue weighted by Gasteiger charge is -2.54. The largest absolute Gasteiger partial charge is 0.390 e. The van der Waals surface area contributed by atoms with Gasteiger partial charge in [-0.2, -0.15) is 5.10 Å². The Morgan fingerprint density at radius 2 is 1.82 bits per heavy atom. The Kier molecular flexibility index (Phi) is 8.54. The maximum Gasteiger partial charge on any atom is 0.248 e. The summed E-state index contributed by atoms with van der Waals surface area (Å²) >= 11 is 0. The second kappa shape index (κ2) is 11.2. The van der Waals surface area contributed by atoms with Crippen LogP contribution in [0.5, 0.6) is 0 Å².